The fraction of sp³-hybridized carbons (Fsp3) is 0.133. The van der Waals surface area contributed by atoms with Gasteiger partial charge in [-0.05, 0) is 64.8 Å². The molecule has 0 heterocycles. The second-order valence-electron chi connectivity index (χ2n) is 4.30. The van der Waals surface area contributed by atoms with Gasteiger partial charge >= 0.3 is 0 Å². The Labute approximate surface area is 131 Å². The first-order valence-corrected chi connectivity index (χ1v) is 7.20. The molecule has 0 unspecified atom stereocenters. The third-order valence-corrected chi connectivity index (χ3v) is 3.85. The first-order valence-electron chi connectivity index (χ1n) is 5.96. The molecule has 2 rings (SSSR count). The molecule has 3 nitrogen and oxygen atoms in total. The summed E-state index contributed by atoms with van der Waals surface area (Å²) in [5.41, 5.74) is 2.25. The largest absolute Gasteiger partial charge is 0.497 e. The Morgan fingerprint density at radius 1 is 1.25 bits per heavy atom. The van der Waals surface area contributed by atoms with Crippen molar-refractivity contribution in [3.8, 4) is 5.75 Å². The fourth-order valence-corrected chi connectivity index (χ4v) is 2.41. The van der Waals surface area contributed by atoms with E-state index in [0.717, 1.165) is 26.4 Å². The number of amides is 1. The number of thiol groups is 1. The Bertz CT molecular complexity index is 658. The summed E-state index contributed by atoms with van der Waals surface area (Å²) in [7, 11) is 1.61. The van der Waals surface area contributed by atoms with Crippen molar-refractivity contribution in [1.29, 1.82) is 0 Å². The molecule has 104 valence electrons. The Balaban J connectivity index is 2.25. The fourth-order valence-electron chi connectivity index (χ4n) is 1.78. The van der Waals surface area contributed by atoms with Crippen LogP contribution in [0.25, 0.3) is 0 Å². The van der Waals surface area contributed by atoms with E-state index >= 15 is 0 Å². The van der Waals surface area contributed by atoms with Crippen molar-refractivity contribution in [3.05, 3.63) is 52.0 Å². The number of halogens is 1. The van der Waals surface area contributed by atoms with Crippen molar-refractivity contribution in [1.82, 2.24) is 0 Å². The zero-order valence-corrected chi connectivity index (χ0v) is 13.6. The number of hydrogen-bond acceptors (Lipinski definition) is 3. The van der Waals surface area contributed by atoms with Gasteiger partial charge in [0, 0.05) is 15.1 Å². The van der Waals surface area contributed by atoms with Crippen LogP contribution in [0.1, 0.15) is 15.9 Å². The van der Waals surface area contributed by atoms with E-state index in [1.807, 2.05) is 31.2 Å². The molecule has 0 fully saturated rings. The molecule has 2 aromatic rings. The lowest BCUT2D eigenvalue weighted by Crippen LogP contribution is -2.13. The number of benzene rings is 2. The van der Waals surface area contributed by atoms with Gasteiger partial charge in [-0.1, -0.05) is 0 Å². The second kappa shape index (κ2) is 6.33. The lowest BCUT2D eigenvalue weighted by atomic mass is 10.1. The molecule has 0 aliphatic heterocycles. The Morgan fingerprint density at radius 2 is 2.00 bits per heavy atom. The predicted octanol–water partition coefficient (Wildman–Crippen LogP) is 4.31. The van der Waals surface area contributed by atoms with Crippen LogP contribution in [-0.4, -0.2) is 13.0 Å². The highest BCUT2D eigenvalue weighted by atomic mass is 79.9. The maximum Gasteiger partial charge on any atom is 0.256 e. The zero-order valence-electron chi connectivity index (χ0n) is 11.1. The molecule has 0 saturated carbocycles. The van der Waals surface area contributed by atoms with E-state index in [-0.39, 0.29) is 5.91 Å². The van der Waals surface area contributed by atoms with Gasteiger partial charge in [-0.25, -0.2) is 0 Å². The standard InChI is InChI=1S/C15H14BrNO2S/c1-9-7-10(19-2)3-6-14(9)17-15(18)12-8-11(20)4-5-13(12)16/h3-8,20H,1-2H3,(H,17,18). The average molecular weight is 352 g/mol. The van der Waals surface area contributed by atoms with Gasteiger partial charge in [0.05, 0.1) is 12.7 Å². The molecule has 0 aliphatic rings. The van der Waals surface area contributed by atoms with E-state index in [2.05, 4.69) is 33.9 Å². The van der Waals surface area contributed by atoms with Crippen molar-refractivity contribution in [2.45, 2.75) is 11.8 Å². The molecule has 0 bridgehead atoms. The quantitative estimate of drug-likeness (QED) is 0.808. The maximum absolute atomic E-state index is 12.3. The minimum atomic E-state index is -0.180. The molecule has 5 heteroatoms. The summed E-state index contributed by atoms with van der Waals surface area (Å²) < 4.78 is 5.88. The van der Waals surface area contributed by atoms with Crippen molar-refractivity contribution >= 4 is 40.2 Å². The van der Waals surface area contributed by atoms with Crippen molar-refractivity contribution in [2.75, 3.05) is 12.4 Å². The van der Waals surface area contributed by atoms with Gasteiger partial charge in [-0.15, -0.1) is 12.6 Å². The van der Waals surface area contributed by atoms with Gasteiger partial charge in [-0.3, -0.25) is 4.79 Å². The number of rotatable bonds is 3. The lowest BCUT2D eigenvalue weighted by Gasteiger charge is -2.11. The number of nitrogens with one attached hydrogen (secondary N) is 1. The highest BCUT2D eigenvalue weighted by Gasteiger charge is 2.12. The molecule has 0 saturated heterocycles. The van der Waals surface area contributed by atoms with Crippen LogP contribution in [0, 0.1) is 6.92 Å². The van der Waals surface area contributed by atoms with Gasteiger partial charge < -0.3 is 10.1 Å². The van der Waals surface area contributed by atoms with Crippen LogP contribution < -0.4 is 10.1 Å². The highest BCUT2D eigenvalue weighted by molar-refractivity contribution is 9.10. The summed E-state index contributed by atoms with van der Waals surface area (Å²) in [5.74, 6) is 0.583. The average Bonchev–Trinajstić information content (AvgIpc) is 2.43. The van der Waals surface area contributed by atoms with Crippen LogP contribution in [0.15, 0.2) is 45.8 Å². The third kappa shape index (κ3) is 3.35. The van der Waals surface area contributed by atoms with Gasteiger partial charge in [0.1, 0.15) is 5.75 Å². The Morgan fingerprint density at radius 3 is 2.65 bits per heavy atom. The monoisotopic (exact) mass is 351 g/mol. The van der Waals surface area contributed by atoms with E-state index in [1.165, 1.54) is 0 Å². The minimum absolute atomic E-state index is 0.180. The van der Waals surface area contributed by atoms with E-state index in [4.69, 9.17) is 4.74 Å². The number of ether oxygens (including phenoxy) is 1. The molecular formula is C15H14BrNO2S. The third-order valence-electron chi connectivity index (χ3n) is 2.88. The Kier molecular flexibility index (Phi) is 4.73. The van der Waals surface area contributed by atoms with E-state index in [1.54, 1.807) is 19.2 Å². The molecule has 0 spiro atoms. The summed E-state index contributed by atoms with van der Waals surface area (Å²) in [6, 6.07) is 10.9. The number of anilines is 1. The molecule has 1 amide bonds. The first-order chi connectivity index (χ1) is 9.51. The molecule has 0 aromatic heterocycles. The molecule has 0 aliphatic carbocycles. The van der Waals surface area contributed by atoms with Crippen molar-refractivity contribution in [2.24, 2.45) is 0 Å². The van der Waals surface area contributed by atoms with Crippen molar-refractivity contribution < 1.29 is 9.53 Å². The molecule has 0 radical (unpaired) electrons. The van der Waals surface area contributed by atoms with Crippen LogP contribution in [-0.2, 0) is 0 Å². The number of carbonyl (C=O) groups is 1. The van der Waals surface area contributed by atoms with Gasteiger partial charge in [0.25, 0.3) is 5.91 Å². The number of aryl methyl sites for hydroxylation is 1. The SMILES string of the molecule is COc1ccc(NC(=O)c2cc(S)ccc2Br)c(C)c1. The molecule has 1 N–H and O–H groups in total. The number of methoxy groups -OCH3 is 1. The van der Waals surface area contributed by atoms with Crippen LogP contribution in [0.5, 0.6) is 5.75 Å². The predicted molar refractivity (Wildman–Crippen MR) is 87.1 cm³/mol. The summed E-state index contributed by atoms with van der Waals surface area (Å²) in [6.07, 6.45) is 0. The summed E-state index contributed by atoms with van der Waals surface area (Å²) in [5, 5.41) is 2.89. The molecule has 0 atom stereocenters. The molecule has 2 aromatic carbocycles. The summed E-state index contributed by atoms with van der Waals surface area (Å²) in [6.45, 7) is 1.92. The highest BCUT2D eigenvalue weighted by Crippen LogP contribution is 2.24. The number of hydrogen-bond donors (Lipinski definition) is 2. The van der Waals surface area contributed by atoms with Gasteiger partial charge in [-0.2, -0.15) is 0 Å². The Hall–Kier alpha value is -1.46. The summed E-state index contributed by atoms with van der Waals surface area (Å²) in [4.78, 5) is 13.0. The maximum atomic E-state index is 12.3. The molecular weight excluding hydrogens is 338 g/mol. The first kappa shape index (κ1) is 14.9. The van der Waals surface area contributed by atoms with Crippen LogP contribution in [0.3, 0.4) is 0 Å². The van der Waals surface area contributed by atoms with Crippen molar-refractivity contribution in [3.63, 3.8) is 0 Å². The lowest BCUT2D eigenvalue weighted by molar-refractivity contribution is 0.102. The second-order valence-corrected chi connectivity index (χ2v) is 5.67. The van der Waals surface area contributed by atoms with Gasteiger partial charge in [0.2, 0.25) is 0 Å². The minimum Gasteiger partial charge on any atom is -0.497 e. The van der Waals surface area contributed by atoms with E-state index < -0.39 is 0 Å². The van der Waals surface area contributed by atoms with Crippen LogP contribution in [0.2, 0.25) is 0 Å². The normalized spacial score (nSPS) is 10.2. The van der Waals surface area contributed by atoms with E-state index in [9.17, 15) is 4.79 Å². The molecule has 20 heavy (non-hydrogen) atoms. The number of carbonyl (C=O) groups excluding carboxylic acids is 1. The summed E-state index contributed by atoms with van der Waals surface area (Å²) >= 11 is 7.62. The van der Waals surface area contributed by atoms with Crippen LogP contribution in [0.4, 0.5) is 5.69 Å². The van der Waals surface area contributed by atoms with Crippen LogP contribution >= 0.6 is 28.6 Å². The van der Waals surface area contributed by atoms with E-state index in [0.29, 0.717) is 5.56 Å². The zero-order chi connectivity index (χ0) is 14.7. The smallest absolute Gasteiger partial charge is 0.256 e. The topological polar surface area (TPSA) is 38.3 Å². The van der Waals surface area contributed by atoms with Gasteiger partial charge in [0.15, 0.2) is 0 Å².